The second-order valence-electron chi connectivity index (χ2n) is 4.02. The van der Waals surface area contributed by atoms with Gasteiger partial charge < -0.3 is 0 Å². The van der Waals surface area contributed by atoms with Crippen LogP contribution >= 0.6 is 0 Å². The minimum Gasteiger partial charge on any atom is -0.277 e. The third-order valence-corrected chi connectivity index (χ3v) is 5.42. The SMILES string of the molecule is CCNS(=O)(=O)c1ccccc1NS(=O)(=O)c1ccn[nH]1. The first-order valence-corrected chi connectivity index (χ1v) is 8.94. The van der Waals surface area contributed by atoms with E-state index < -0.39 is 20.0 Å². The van der Waals surface area contributed by atoms with Gasteiger partial charge in [-0.25, -0.2) is 13.1 Å². The fraction of sp³-hybridized carbons (Fsp3) is 0.182. The van der Waals surface area contributed by atoms with E-state index in [0.29, 0.717) is 0 Å². The van der Waals surface area contributed by atoms with Crippen LogP contribution in [0.25, 0.3) is 0 Å². The zero-order valence-corrected chi connectivity index (χ0v) is 12.7. The van der Waals surface area contributed by atoms with Gasteiger partial charge in [-0.3, -0.25) is 9.82 Å². The summed E-state index contributed by atoms with van der Waals surface area (Å²) in [6.45, 7) is 1.83. The molecular formula is C11H14N4O4S2. The lowest BCUT2D eigenvalue weighted by Gasteiger charge is -2.12. The van der Waals surface area contributed by atoms with Gasteiger partial charge in [0.05, 0.1) is 11.9 Å². The van der Waals surface area contributed by atoms with Crippen molar-refractivity contribution in [2.75, 3.05) is 11.3 Å². The molecule has 0 spiro atoms. The van der Waals surface area contributed by atoms with Crippen LogP contribution in [-0.2, 0) is 20.0 Å². The Bertz CT molecular complexity index is 814. The molecule has 2 aromatic rings. The van der Waals surface area contributed by atoms with E-state index in [4.69, 9.17) is 0 Å². The lowest BCUT2D eigenvalue weighted by atomic mass is 10.3. The quantitative estimate of drug-likeness (QED) is 0.712. The molecule has 0 saturated heterocycles. The van der Waals surface area contributed by atoms with E-state index in [0.717, 1.165) is 0 Å². The van der Waals surface area contributed by atoms with Crippen LogP contribution in [0.15, 0.2) is 46.5 Å². The maximum absolute atomic E-state index is 12.1. The van der Waals surface area contributed by atoms with Gasteiger partial charge in [0.2, 0.25) is 10.0 Å². The number of aromatic amines is 1. The number of para-hydroxylation sites is 1. The second-order valence-corrected chi connectivity index (χ2v) is 7.41. The number of hydrogen-bond donors (Lipinski definition) is 3. The topological polar surface area (TPSA) is 121 Å². The number of H-pyrrole nitrogens is 1. The van der Waals surface area contributed by atoms with Crippen molar-refractivity contribution in [3.8, 4) is 0 Å². The second kappa shape index (κ2) is 5.84. The summed E-state index contributed by atoms with van der Waals surface area (Å²) in [4.78, 5) is -0.144. The Labute approximate surface area is 122 Å². The third-order valence-electron chi connectivity index (χ3n) is 2.52. The number of rotatable bonds is 6. The Hall–Kier alpha value is -1.91. The molecule has 0 amide bonds. The summed E-state index contributed by atoms with van der Waals surface area (Å²) in [5.74, 6) is 0. The van der Waals surface area contributed by atoms with Crippen molar-refractivity contribution in [2.45, 2.75) is 16.8 Å². The van der Waals surface area contributed by atoms with Crippen LogP contribution in [0.1, 0.15) is 6.92 Å². The van der Waals surface area contributed by atoms with Crippen LogP contribution in [0, 0.1) is 0 Å². The van der Waals surface area contributed by atoms with E-state index in [2.05, 4.69) is 19.6 Å². The number of aromatic nitrogens is 2. The maximum atomic E-state index is 12.1. The van der Waals surface area contributed by atoms with Gasteiger partial charge in [0.1, 0.15) is 4.90 Å². The fourth-order valence-electron chi connectivity index (χ4n) is 1.65. The molecule has 0 fully saturated rings. The zero-order chi connectivity index (χ0) is 15.5. The molecule has 21 heavy (non-hydrogen) atoms. The molecule has 8 nitrogen and oxygen atoms in total. The highest BCUT2D eigenvalue weighted by molar-refractivity contribution is 7.93. The average Bonchev–Trinajstić information content (AvgIpc) is 2.93. The number of nitrogens with zero attached hydrogens (tertiary/aromatic N) is 1. The largest absolute Gasteiger partial charge is 0.278 e. The summed E-state index contributed by atoms with van der Waals surface area (Å²) >= 11 is 0. The fourth-order valence-corrected chi connectivity index (χ4v) is 3.90. The molecule has 114 valence electrons. The highest BCUT2D eigenvalue weighted by Gasteiger charge is 2.22. The van der Waals surface area contributed by atoms with E-state index in [1.54, 1.807) is 6.92 Å². The van der Waals surface area contributed by atoms with Crippen molar-refractivity contribution < 1.29 is 16.8 Å². The van der Waals surface area contributed by atoms with E-state index in [-0.39, 0.29) is 22.2 Å². The summed E-state index contributed by atoms with van der Waals surface area (Å²) in [5.41, 5.74) is -0.0342. The normalized spacial score (nSPS) is 12.2. The molecule has 3 N–H and O–H groups in total. The van der Waals surface area contributed by atoms with Crippen LogP contribution < -0.4 is 9.44 Å². The molecule has 0 aliphatic heterocycles. The lowest BCUT2D eigenvalue weighted by molar-refractivity contribution is 0.584. The summed E-state index contributed by atoms with van der Waals surface area (Å²) in [6, 6.07) is 7.01. The summed E-state index contributed by atoms with van der Waals surface area (Å²) in [6.07, 6.45) is 1.29. The van der Waals surface area contributed by atoms with Crippen LogP contribution in [-0.4, -0.2) is 33.6 Å². The van der Waals surface area contributed by atoms with Gasteiger partial charge in [0.25, 0.3) is 10.0 Å². The standard InChI is InChI=1S/C11H14N4O4S2/c1-2-13-20(16,17)10-6-4-3-5-9(10)15-21(18,19)11-7-8-12-14-11/h3-8,13,15H,2H2,1H3,(H,12,14). The minimum atomic E-state index is -3.93. The summed E-state index contributed by atoms with van der Waals surface area (Å²) < 4.78 is 52.9. The van der Waals surface area contributed by atoms with Crippen LogP contribution in [0.2, 0.25) is 0 Å². The van der Waals surface area contributed by atoms with E-state index in [1.165, 1.54) is 36.5 Å². The van der Waals surface area contributed by atoms with E-state index in [9.17, 15) is 16.8 Å². The first kappa shape index (κ1) is 15.5. The van der Waals surface area contributed by atoms with Crippen molar-refractivity contribution in [1.82, 2.24) is 14.9 Å². The Morgan fingerprint density at radius 3 is 2.43 bits per heavy atom. The van der Waals surface area contributed by atoms with Gasteiger partial charge in [-0.2, -0.15) is 13.5 Å². The third kappa shape index (κ3) is 3.40. The monoisotopic (exact) mass is 330 g/mol. The summed E-state index contributed by atoms with van der Waals surface area (Å²) in [5, 5.41) is 5.72. The van der Waals surface area contributed by atoms with Gasteiger partial charge in [-0.05, 0) is 18.2 Å². The number of sulfonamides is 2. The number of nitrogens with one attached hydrogen (secondary N) is 3. The first-order chi connectivity index (χ1) is 9.87. The van der Waals surface area contributed by atoms with Crippen LogP contribution in [0.4, 0.5) is 5.69 Å². The Morgan fingerprint density at radius 2 is 1.81 bits per heavy atom. The number of anilines is 1. The molecular weight excluding hydrogens is 316 g/mol. The maximum Gasteiger partial charge on any atom is 0.278 e. The molecule has 0 radical (unpaired) electrons. The minimum absolute atomic E-state index is 0.0342. The predicted molar refractivity (Wildman–Crippen MR) is 76.7 cm³/mol. The van der Waals surface area contributed by atoms with Gasteiger partial charge in [-0.1, -0.05) is 19.1 Å². The van der Waals surface area contributed by atoms with E-state index >= 15 is 0 Å². The molecule has 0 unspecified atom stereocenters. The molecule has 0 atom stereocenters. The van der Waals surface area contributed by atoms with Gasteiger partial charge in [0.15, 0.2) is 5.03 Å². The average molecular weight is 330 g/mol. The zero-order valence-electron chi connectivity index (χ0n) is 11.1. The molecule has 0 saturated carbocycles. The lowest BCUT2D eigenvalue weighted by Crippen LogP contribution is -2.25. The molecule has 0 aliphatic rings. The molecule has 1 aromatic carbocycles. The molecule has 1 aromatic heterocycles. The van der Waals surface area contributed by atoms with Gasteiger partial charge in [0, 0.05) is 6.54 Å². The molecule has 2 rings (SSSR count). The Kier molecular flexibility index (Phi) is 4.30. The Balaban J connectivity index is 2.43. The number of benzene rings is 1. The first-order valence-electron chi connectivity index (χ1n) is 5.97. The highest BCUT2D eigenvalue weighted by atomic mass is 32.2. The van der Waals surface area contributed by atoms with Gasteiger partial charge in [-0.15, -0.1) is 0 Å². The number of hydrogen-bond acceptors (Lipinski definition) is 5. The molecule has 0 bridgehead atoms. The molecule has 0 aliphatic carbocycles. The van der Waals surface area contributed by atoms with Crippen molar-refractivity contribution >= 4 is 25.7 Å². The van der Waals surface area contributed by atoms with Crippen molar-refractivity contribution in [2.24, 2.45) is 0 Å². The summed E-state index contributed by atoms with van der Waals surface area (Å²) in [7, 11) is -7.71. The van der Waals surface area contributed by atoms with Crippen molar-refractivity contribution in [3.63, 3.8) is 0 Å². The van der Waals surface area contributed by atoms with Crippen LogP contribution in [0.5, 0.6) is 0 Å². The molecule has 1 heterocycles. The van der Waals surface area contributed by atoms with Gasteiger partial charge >= 0.3 is 0 Å². The smallest absolute Gasteiger partial charge is 0.277 e. The predicted octanol–water partition coefficient (Wildman–Crippen LogP) is 0.509. The van der Waals surface area contributed by atoms with E-state index in [1.807, 2.05) is 0 Å². The highest BCUT2D eigenvalue weighted by Crippen LogP contribution is 2.23. The molecule has 10 heteroatoms. The van der Waals surface area contributed by atoms with Crippen molar-refractivity contribution in [1.29, 1.82) is 0 Å². The Morgan fingerprint density at radius 1 is 1.10 bits per heavy atom. The van der Waals surface area contributed by atoms with Crippen LogP contribution in [0.3, 0.4) is 0 Å². The van der Waals surface area contributed by atoms with Crippen molar-refractivity contribution in [3.05, 3.63) is 36.5 Å².